The third-order valence-electron chi connectivity index (χ3n) is 3.86. The maximum atomic E-state index is 13.4. The number of rotatable bonds is 8. The van der Waals surface area contributed by atoms with Gasteiger partial charge < -0.3 is 14.8 Å². The second-order valence-electron chi connectivity index (χ2n) is 5.98. The summed E-state index contributed by atoms with van der Waals surface area (Å²) >= 11 is 0. The van der Waals surface area contributed by atoms with Crippen molar-refractivity contribution in [3.8, 4) is 11.5 Å². The maximum Gasteiger partial charge on any atom is 0.257 e. The first-order valence-corrected chi connectivity index (χ1v) is 8.32. The van der Waals surface area contributed by atoms with Crippen LogP contribution in [0.4, 0.5) is 4.39 Å². The fraction of sp³-hybridized carbons (Fsp3) is 0.350. The molecular weight excluding hydrogens is 321 g/mol. The first-order chi connectivity index (χ1) is 12.0. The quantitative estimate of drug-likeness (QED) is 0.742. The molecule has 0 aliphatic rings. The first-order valence-electron chi connectivity index (χ1n) is 8.32. The number of amides is 1. The van der Waals surface area contributed by atoms with Gasteiger partial charge in [-0.2, -0.15) is 0 Å². The van der Waals surface area contributed by atoms with Crippen LogP contribution in [-0.2, 0) is 4.79 Å². The van der Waals surface area contributed by atoms with Gasteiger partial charge in [-0.1, -0.05) is 18.2 Å². The van der Waals surface area contributed by atoms with Crippen molar-refractivity contribution in [3.63, 3.8) is 0 Å². The minimum atomic E-state index is -0.479. The molecule has 0 heterocycles. The molecule has 0 unspecified atom stereocenters. The largest absolute Gasteiger partial charge is 0.493 e. The highest BCUT2D eigenvalue weighted by atomic mass is 19.1. The zero-order valence-electron chi connectivity index (χ0n) is 14.9. The van der Waals surface area contributed by atoms with Crippen LogP contribution < -0.4 is 14.8 Å². The van der Waals surface area contributed by atoms with Gasteiger partial charge in [0, 0.05) is 6.54 Å². The number of benzene rings is 2. The number of carbonyl (C=O) groups is 1. The van der Waals surface area contributed by atoms with E-state index >= 15 is 0 Å². The summed E-state index contributed by atoms with van der Waals surface area (Å²) in [6.45, 7) is 6.91. The lowest BCUT2D eigenvalue weighted by atomic mass is 10.1. The molecule has 2 aromatic carbocycles. The van der Waals surface area contributed by atoms with Crippen molar-refractivity contribution in [3.05, 3.63) is 58.9 Å². The molecule has 2 rings (SSSR count). The SMILES string of the molecule is Cc1cc(C)c(C)c(OCCCNC(=O)COc2ccccc2F)c1. The molecule has 0 aliphatic carbocycles. The van der Waals surface area contributed by atoms with E-state index in [1.165, 1.54) is 17.7 Å². The number of aryl methyl sites for hydroxylation is 2. The van der Waals surface area contributed by atoms with Gasteiger partial charge >= 0.3 is 0 Å². The summed E-state index contributed by atoms with van der Waals surface area (Å²) in [5, 5.41) is 2.73. The topological polar surface area (TPSA) is 47.6 Å². The Labute approximate surface area is 148 Å². The summed E-state index contributed by atoms with van der Waals surface area (Å²) in [5.41, 5.74) is 3.50. The zero-order chi connectivity index (χ0) is 18.2. The van der Waals surface area contributed by atoms with Crippen LogP contribution in [0.5, 0.6) is 11.5 Å². The molecule has 0 spiro atoms. The van der Waals surface area contributed by atoms with Gasteiger partial charge in [0.05, 0.1) is 6.61 Å². The Morgan fingerprint density at radius 3 is 2.60 bits per heavy atom. The van der Waals surface area contributed by atoms with E-state index in [0.29, 0.717) is 19.6 Å². The molecule has 0 bridgehead atoms. The van der Waals surface area contributed by atoms with Gasteiger partial charge in [-0.25, -0.2) is 4.39 Å². The molecule has 0 radical (unpaired) electrons. The molecule has 4 nitrogen and oxygen atoms in total. The minimum absolute atomic E-state index is 0.0753. The molecule has 25 heavy (non-hydrogen) atoms. The predicted octanol–water partition coefficient (Wildman–Crippen LogP) is 3.72. The molecule has 2 aromatic rings. The Hall–Kier alpha value is -2.56. The Morgan fingerprint density at radius 1 is 1.08 bits per heavy atom. The molecule has 5 heteroatoms. The van der Waals surface area contributed by atoms with E-state index < -0.39 is 5.82 Å². The van der Waals surface area contributed by atoms with Crippen LogP contribution >= 0.6 is 0 Å². The second kappa shape index (κ2) is 9.06. The monoisotopic (exact) mass is 345 g/mol. The second-order valence-corrected chi connectivity index (χ2v) is 5.98. The van der Waals surface area contributed by atoms with Crippen molar-refractivity contribution >= 4 is 5.91 Å². The maximum absolute atomic E-state index is 13.4. The summed E-state index contributed by atoms with van der Waals surface area (Å²) in [6.07, 6.45) is 0.678. The van der Waals surface area contributed by atoms with E-state index in [4.69, 9.17) is 9.47 Å². The first kappa shape index (κ1) is 18.8. The Morgan fingerprint density at radius 2 is 1.84 bits per heavy atom. The molecule has 0 aliphatic heterocycles. The molecule has 1 N–H and O–H groups in total. The number of halogens is 1. The highest BCUT2D eigenvalue weighted by molar-refractivity contribution is 5.77. The van der Waals surface area contributed by atoms with Crippen LogP contribution in [-0.4, -0.2) is 25.7 Å². The van der Waals surface area contributed by atoms with E-state index in [1.807, 2.05) is 19.9 Å². The third kappa shape index (κ3) is 5.78. The number of para-hydroxylation sites is 1. The average molecular weight is 345 g/mol. The van der Waals surface area contributed by atoms with Gasteiger partial charge in [-0.15, -0.1) is 0 Å². The number of nitrogens with one attached hydrogen (secondary N) is 1. The van der Waals surface area contributed by atoms with Crippen molar-refractivity contribution in [2.24, 2.45) is 0 Å². The summed E-state index contributed by atoms with van der Waals surface area (Å²) < 4.78 is 24.3. The van der Waals surface area contributed by atoms with Crippen molar-refractivity contribution in [2.75, 3.05) is 19.8 Å². The van der Waals surface area contributed by atoms with E-state index in [9.17, 15) is 9.18 Å². The number of hydrogen-bond donors (Lipinski definition) is 1. The zero-order valence-corrected chi connectivity index (χ0v) is 14.9. The Balaban J connectivity index is 1.66. The van der Waals surface area contributed by atoms with Gasteiger partial charge in [-0.05, 0) is 62.1 Å². The molecule has 0 fully saturated rings. The molecule has 0 aromatic heterocycles. The lowest BCUT2D eigenvalue weighted by Gasteiger charge is -2.12. The number of hydrogen-bond acceptors (Lipinski definition) is 3. The van der Waals surface area contributed by atoms with E-state index in [2.05, 4.69) is 18.3 Å². The predicted molar refractivity (Wildman–Crippen MR) is 95.7 cm³/mol. The minimum Gasteiger partial charge on any atom is -0.493 e. The molecule has 0 saturated carbocycles. The molecule has 0 atom stereocenters. The van der Waals surface area contributed by atoms with Gasteiger partial charge in [0.2, 0.25) is 0 Å². The lowest BCUT2D eigenvalue weighted by molar-refractivity contribution is -0.123. The standard InChI is InChI=1S/C20H24FNO3/c1-14-11-15(2)16(3)19(12-14)24-10-6-9-22-20(23)13-25-18-8-5-4-7-17(18)21/h4-5,7-8,11-12H,6,9-10,13H2,1-3H3,(H,22,23). The van der Waals surface area contributed by atoms with Gasteiger partial charge in [0.1, 0.15) is 5.75 Å². The van der Waals surface area contributed by atoms with Crippen LogP contribution in [0.2, 0.25) is 0 Å². The fourth-order valence-corrected chi connectivity index (χ4v) is 2.39. The Kier molecular flexibility index (Phi) is 6.81. The summed E-state index contributed by atoms with van der Waals surface area (Å²) in [6, 6.07) is 10.1. The van der Waals surface area contributed by atoms with Crippen molar-refractivity contribution < 1.29 is 18.7 Å². The van der Waals surface area contributed by atoms with Crippen LogP contribution in [0.1, 0.15) is 23.1 Å². The highest BCUT2D eigenvalue weighted by Gasteiger charge is 2.06. The molecular formula is C20H24FNO3. The van der Waals surface area contributed by atoms with E-state index in [1.54, 1.807) is 12.1 Å². The van der Waals surface area contributed by atoms with E-state index in [-0.39, 0.29) is 18.3 Å². The normalized spacial score (nSPS) is 10.4. The average Bonchev–Trinajstić information content (AvgIpc) is 2.58. The van der Waals surface area contributed by atoms with Crippen molar-refractivity contribution in [2.45, 2.75) is 27.2 Å². The van der Waals surface area contributed by atoms with Crippen LogP contribution in [0.25, 0.3) is 0 Å². The van der Waals surface area contributed by atoms with Gasteiger partial charge in [-0.3, -0.25) is 4.79 Å². The van der Waals surface area contributed by atoms with E-state index in [0.717, 1.165) is 16.9 Å². The molecule has 0 saturated heterocycles. The molecule has 134 valence electrons. The molecule has 1 amide bonds. The smallest absolute Gasteiger partial charge is 0.257 e. The van der Waals surface area contributed by atoms with Crippen LogP contribution in [0.3, 0.4) is 0 Å². The Bertz CT molecular complexity index is 731. The van der Waals surface area contributed by atoms with Crippen LogP contribution in [0, 0.1) is 26.6 Å². The van der Waals surface area contributed by atoms with Gasteiger partial charge in [0.15, 0.2) is 18.2 Å². The van der Waals surface area contributed by atoms with Crippen LogP contribution in [0.15, 0.2) is 36.4 Å². The summed E-state index contributed by atoms with van der Waals surface area (Å²) in [5.74, 6) is 0.191. The lowest BCUT2D eigenvalue weighted by Crippen LogP contribution is -2.30. The fourth-order valence-electron chi connectivity index (χ4n) is 2.39. The third-order valence-corrected chi connectivity index (χ3v) is 3.86. The highest BCUT2D eigenvalue weighted by Crippen LogP contribution is 2.23. The van der Waals surface area contributed by atoms with Gasteiger partial charge in [0.25, 0.3) is 5.91 Å². The number of ether oxygens (including phenoxy) is 2. The summed E-state index contributed by atoms with van der Waals surface area (Å²) in [4.78, 5) is 11.7. The summed E-state index contributed by atoms with van der Waals surface area (Å²) in [7, 11) is 0. The van der Waals surface area contributed by atoms with Crippen molar-refractivity contribution in [1.29, 1.82) is 0 Å². The number of carbonyl (C=O) groups excluding carboxylic acids is 1. The van der Waals surface area contributed by atoms with Crippen molar-refractivity contribution in [1.82, 2.24) is 5.32 Å².